The van der Waals surface area contributed by atoms with E-state index in [1.807, 2.05) is 43.3 Å². The predicted octanol–water partition coefficient (Wildman–Crippen LogP) is 5.71. The van der Waals surface area contributed by atoms with Gasteiger partial charge in [0.05, 0.1) is 12.6 Å². The van der Waals surface area contributed by atoms with E-state index in [9.17, 15) is 9.59 Å². The monoisotopic (exact) mass is 602 g/mol. The highest BCUT2D eigenvalue weighted by Gasteiger charge is 2.23. The van der Waals surface area contributed by atoms with E-state index in [0.29, 0.717) is 25.1 Å². The second-order valence-electron chi connectivity index (χ2n) is 11.5. The van der Waals surface area contributed by atoms with Crippen LogP contribution in [0, 0.1) is 6.92 Å². The average Bonchev–Trinajstić information content (AvgIpc) is 3.57. The summed E-state index contributed by atoms with van der Waals surface area (Å²) in [6.07, 6.45) is 4.76. The van der Waals surface area contributed by atoms with Crippen LogP contribution in [-0.2, 0) is 24.4 Å². The minimum Gasteiger partial charge on any atom is -0.348 e. The molecule has 232 valence electrons. The number of imidazole rings is 1. The maximum atomic E-state index is 13.7. The Morgan fingerprint density at radius 3 is 2.40 bits per heavy atom. The molecule has 1 aromatic heterocycles. The van der Waals surface area contributed by atoms with E-state index in [2.05, 4.69) is 80.6 Å². The van der Waals surface area contributed by atoms with Gasteiger partial charge >= 0.3 is 0 Å². The molecule has 4 aromatic carbocycles. The molecule has 0 aliphatic rings. The van der Waals surface area contributed by atoms with Crippen LogP contribution in [0.4, 0.5) is 0 Å². The van der Waals surface area contributed by atoms with E-state index >= 15 is 0 Å². The van der Waals surface area contributed by atoms with E-state index < -0.39 is 6.04 Å². The van der Waals surface area contributed by atoms with Crippen molar-refractivity contribution in [2.75, 3.05) is 6.54 Å². The highest BCUT2D eigenvalue weighted by molar-refractivity contribution is 5.97. The number of nitrogens with one attached hydrogen (secondary N) is 5. The van der Waals surface area contributed by atoms with E-state index in [0.717, 1.165) is 47.2 Å². The van der Waals surface area contributed by atoms with Crippen molar-refractivity contribution in [3.8, 4) is 0 Å². The lowest BCUT2D eigenvalue weighted by atomic mass is 9.99. The normalized spacial score (nSPS) is 12.5. The van der Waals surface area contributed by atoms with Crippen molar-refractivity contribution >= 4 is 22.6 Å². The summed E-state index contributed by atoms with van der Waals surface area (Å²) in [6, 6.07) is 29.3. The third-order valence-electron chi connectivity index (χ3n) is 7.92. The Morgan fingerprint density at radius 1 is 0.822 bits per heavy atom. The summed E-state index contributed by atoms with van der Waals surface area (Å²) in [4.78, 5) is 34.3. The number of aromatic nitrogens is 2. The van der Waals surface area contributed by atoms with Gasteiger partial charge in [-0.25, -0.2) is 4.98 Å². The molecule has 8 nitrogen and oxygen atoms in total. The molecule has 0 aliphatic heterocycles. The quantitative estimate of drug-likeness (QED) is 0.0987. The SMILES string of the molecule is Cc1cccc(CNCCC[C@H](NC(=O)c2ccc(CNCc3ncc[nH]3)cc2)C(=O)NC(C)c2cccc3ccccc23)c1. The second kappa shape index (κ2) is 15.8. The van der Waals surface area contributed by atoms with Gasteiger partial charge in [-0.1, -0.05) is 84.4 Å². The first kappa shape index (κ1) is 31.6. The Labute approximate surface area is 265 Å². The van der Waals surface area contributed by atoms with Crippen LogP contribution in [0.25, 0.3) is 10.8 Å². The Kier molecular flexibility index (Phi) is 11.1. The van der Waals surface area contributed by atoms with E-state index in [-0.39, 0.29) is 17.9 Å². The van der Waals surface area contributed by atoms with Gasteiger partial charge in [0.15, 0.2) is 0 Å². The first-order valence-electron chi connectivity index (χ1n) is 15.6. The first-order chi connectivity index (χ1) is 22.0. The summed E-state index contributed by atoms with van der Waals surface area (Å²) in [5.74, 6) is 0.410. The van der Waals surface area contributed by atoms with Gasteiger partial charge in [0.2, 0.25) is 5.91 Å². The summed E-state index contributed by atoms with van der Waals surface area (Å²) < 4.78 is 0. The van der Waals surface area contributed by atoms with Crippen molar-refractivity contribution in [1.29, 1.82) is 0 Å². The fourth-order valence-corrected chi connectivity index (χ4v) is 5.51. The van der Waals surface area contributed by atoms with Crippen molar-refractivity contribution in [3.63, 3.8) is 0 Å². The molecule has 2 amide bonds. The first-order valence-corrected chi connectivity index (χ1v) is 15.6. The Hall–Kier alpha value is -4.79. The van der Waals surface area contributed by atoms with Gasteiger partial charge in [-0.15, -0.1) is 0 Å². The Balaban J connectivity index is 1.20. The van der Waals surface area contributed by atoms with Crippen LogP contribution in [0.3, 0.4) is 0 Å². The van der Waals surface area contributed by atoms with Crippen molar-refractivity contribution in [1.82, 2.24) is 31.2 Å². The molecule has 1 unspecified atom stereocenters. The number of rotatable bonds is 15. The van der Waals surface area contributed by atoms with Gasteiger partial charge in [-0.2, -0.15) is 0 Å². The molecule has 5 rings (SSSR count). The lowest BCUT2D eigenvalue weighted by Crippen LogP contribution is -2.47. The average molecular weight is 603 g/mol. The molecule has 0 spiro atoms. The van der Waals surface area contributed by atoms with Crippen molar-refractivity contribution in [2.24, 2.45) is 0 Å². The molecule has 1 heterocycles. The second-order valence-corrected chi connectivity index (χ2v) is 11.5. The summed E-state index contributed by atoms with van der Waals surface area (Å²) in [7, 11) is 0. The molecule has 45 heavy (non-hydrogen) atoms. The van der Waals surface area contributed by atoms with Gasteiger partial charge in [-0.3, -0.25) is 9.59 Å². The minimum absolute atomic E-state index is 0.193. The molecule has 5 aromatic rings. The fourth-order valence-electron chi connectivity index (χ4n) is 5.51. The number of carbonyl (C=O) groups is 2. The smallest absolute Gasteiger partial charge is 0.251 e. The number of carbonyl (C=O) groups excluding carboxylic acids is 2. The van der Waals surface area contributed by atoms with Crippen molar-refractivity contribution < 1.29 is 9.59 Å². The summed E-state index contributed by atoms with van der Waals surface area (Å²) >= 11 is 0. The fraction of sp³-hybridized carbons (Fsp3) is 0.270. The predicted molar refractivity (Wildman–Crippen MR) is 179 cm³/mol. The molecule has 0 radical (unpaired) electrons. The molecule has 5 N–H and O–H groups in total. The standard InChI is InChI=1S/C37H42N6O2/c1-26-8-5-9-29(22-26)24-38-19-7-14-34(37(45)42-27(2)32-13-6-11-30-10-3-4-12-33(30)32)43-36(44)31-17-15-28(16-18-31)23-39-25-35-40-20-21-41-35/h3-6,8-13,15-18,20-22,27,34,38-39H,7,14,19,23-25H2,1-2H3,(H,40,41)(H,42,45)(H,43,44)/t27?,34-/m0/s1. The van der Waals surface area contributed by atoms with Crippen LogP contribution in [0.15, 0.2) is 103 Å². The molecule has 0 saturated heterocycles. The minimum atomic E-state index is -0.676. The van der Waals surface area contributed by atoms with Crippen molar-refractivity contribution in [3.05, 3.63) is 137 Å². The van der Waals surface area contributed by atoms with Gasteiger partial charge < -0.3 is 26.3 Å². The van der Waals surface area contributed by atoms with Crippen LogP contribution >= 0.6 is 0 Å². The molecule has 8 heteroatoms. The Morgan fingerprint density at radius 2 is 1.60 bits per heavy atom. The number of aryl methyl sites for hydroxylation is 1. The largest absolute Gasteiger partial charge is 0.348 e. The molecule has 0 bridgehead atoms. The van der Waals surface area contributed by atoms with E-state index in [4.69, 9.17) is 0 Å². The highest BCUT2D eigenvalue weighted by atomic mass is 16.2. The van der Waals surface area contributed by atoms with Crippen LogP contribution < -0.4 is 21.3 Å². The van der Waals surface area contributed by atoms with Gasteiger partial charge in [0.1, 0.15) is 11.9 Å². The highest BCUT2D eigenvalue weighted by Crippen LogP contribution is 2.24. The maximum absolute atomic E-state index is 13.7. The van der Waals surface area contributed by atoms with E-state index in [1.54, 1.807) is 24.5 Å². The topological polar surface area (TPSA) is 111 Å². The summed E-state index contributed by atoms with van der Waals surface area (Å²) in [5.41, 5.74) is 5.06. The van der Waals surface area contributed by atoms with E-state index in [1.165, 1.54) is 11.1 Å². The molecule has 0 saturated carbocycles. The number of amides is 2. The number of hydrogen-bond donors (Lipinski definition) is 5. The number of hydrogen-bond acceptors (Lipinski definition) is 5. The lowest BCUT2D eigenvalue weighted by molar-refractivity contribution is -0.123. The zero-order chi connectivity index (χ0) is 31.4. The molecule has 0 fully saturated rings. The zero-order valence-corrected chi connectivity index (χ0v) is 26.0. The summed E-state index contributed by atoms with van der Waals surface area (Å²) in [5, 5.41) is 15.2. The van der Waals surface area contributed by atoms with Crippen LogP contribution in [0.5, 0.6) is 0 Å². The lowest BCUT2D eigenvalue weighted by Gasteiger charge is -2.23. The Bertz CT molecular complexity index is 1680. The number of fused-ring (bicyclic) bond motifs is 1. The van der Waals surface area contributed by atoms with Crippen LogP contribution in [0.2, 0.25) is 0 Å². The van der Waals surface area contributed by atoms with Gasteiger partial charge in [0, 0.05) is 31.0 Å². The summed E-state index contributed by atoms with van der Waals surface area (Å²) in [6.45, 7) is 6.83. The van der Waals surface area contributed by atoms with Gasteiger partial charge in [-0.05, 0) is 72.8 Å². The van der Waals surface area contributed by atoms with Crippen LogP contribution in [0.1, 0.15) is 64.2 Å². The number of benzene rings is 4. The number of nitrogens with zero attached hydrogens (tertiary/aromatic N) is 1. The third kappa shape index (κ3) is 9.11. The van der Waals surface area contributed by atoms with Gasteiger partial charge in [0.25, 0.3) is 5.91 Å². The maximum Gasteiger partial charge on any atom is 0.251 e. The molecular formula is C37H42N6O2. The van der Waals surface area contributed by atoms with Crippen molar-refractivity contribution in [2.45, 2.75) is 58.4 Å². The third-order valence-corrected chi connectivity index (χ3v) is 7.92. The molecule has 0 aliphatic carbocycles. The number of H-pyrrole nitrogens is 1. The molecule has 2 atom stereocenters. The number of aromatic amines is 1. The molecular weight excluding hydrogens is 560 g/mol. The zero-order valence-electron chi connectivity index (χ0n) is 26.0. The van der Waals surface area contributed by atoms with Crippen LogP contribution in [-0.4, -0.2) is 34.4 Å².